The molecule has 0 aliphatic carbocycles. The van der Waals surface area contributed by atoms with Crippen LogP contribution >= 0.6 is 0 Å². The number of esters is 2. The molecular weight excluding hydrogens is 324 g/mol. The molecule has 0 saturated heterocycles. The van der Waals surface area contributed by atoms with Gasteiger partial charge in [0.15, 0.2) is 12.2 Å². The Hall–Kier alpha value is -2.34. The second-order valence-corrected chi connectivity index (χ2v) is 5.61. The Balaban J connectivity index is 2.05. The first kappa shape index (κ1) is 19.0. The molecule has 0 N–H and O–H groups in total. The number of hydrogen-bond acceptors (Lipinski definition) is 6. The highest BCUT2D eigenvalue weighted by molar-refractivity contribution is 5.69. The molecule has 0 spiro atoms. The highest BCUT2D eigenvalue weighted by Gasteiger charge is 2.36. The van der Waals surface area contributed by atoms with Crippen LogP contribution in [-0.4, -0.2) is 36.9 Å². The SMILES string of the molecule is CCC(=O)OCC1OC=CC(OC(=O)CC)[C@H]1OCc1ccccc1. The summed E-state index contributed by atoms with van der Waals surface area (Å²) in [5.74, 6) is -0.642. The van der Waals surface area contributed by atoms with Crippen molar-refractivity contribution in [2.24, 2.45) is 0 Å². The molecule has 2 rings (SSSR count). The molecule has 0 amide bonds. The van der Waals surface area contributed by atoms with Crippen molar-refractivity contribution in [1.29, 1.82) is 0 Å². The number of carbonyl (C=O) groups excluding carboxylic acids is 2. The summed E-state index contributed by atoms with van der Waals surface area (Å²) in [4.78, 5) is 23.1. The van der Waals surface area contributed by atoms with Gasteiger partial charge in [0, 0.05) is 12.8 Å². The Morgan fingerprint density at radius 3 is 2.48 bits per heavy atom. The van der Waals surface area contributed by atoms with Gasteiger partial charge in [0.1, 0.15) is 12.7 Å². The molecule has 0 saturated carbocycles. The van der Waals surface area contributed by atoms with Crippen LogP contribution in [0.3, 0.4) is 0 Å². The second kappa shape index (κ2) is 9.84. The van der Waals surface area contributed by atoms with Crippen molar-refractivity contribution in [2.45, 2.75) is 51.6 Å². The standard InChI is InChI=1S/C19H24O6/c1-3-17(20)23-13-16-19(24-12-14-8-6-5-7-9-14)15(10-11-22-16)25-18(21)4-2/h5-11,15-16,19H,3-4,12-13H2,1-2H3/t15?,16?,19-/m1/s1. The van der Waals surface area contributed by atoms with Crippen LogP contribution in [0.5, 0.6) is 0 Å². The molecule has 1 aromatic carbocycles. The normalized spacial score (nSPS) is 22.1. The lowest BCUT2D eigenvalue weighted by Crippen LogP contribution is -2.46. The van der Waals surface area contributed by atoms with Crippen molar-refractivity contribution < 1.29 is 28.5 Å². The van der Waals surface area contributed by atoms with Crippen molar-refractivity contribution in [3.63, 3.8) is 0 Å². The smallest absolute Gasteiger partial charge is 0.306 e. The number of benzene rings is 1. The predicted octanol–water partition coefficient (Wildman–Crippen LogP) is 2.76. The summed E-state index contributed by atoms with van der Waals surface area (Å²) in [6, 6.07) is 9.66. The van der Waals surface area contributed by atoms with Crippen LogP contribution in [0.1, 0.15) is 32.3 Å². The van der Waals surface area contributed by atoms with Gasteiger partial charge in [-0.25, -0.2) is 0 Å². The average molecular weight is 348 g/mol. The van der Waals surface area contributed by atoms with E-state index in [2.05, 4.69) is 0 Å². The zero-order valence-corrected chi connectivity index (χ0v) is 14.6. The van der Waals surface area contributed by atoms with Gasteiger partial charge >= 0.3 is 11.9 Å². The van der Waals surface area contributed by atoms with Crippen molar-refractivity contribution in [2.75, 3.05) is 6.61 Å². The van der Waals surface area contributed by atoms with Crippen molar-refractivity contribution in [1.82, 2.24) is 0 Å². The molecule has 0 aromatic heterocycles. The van der Waals surface area contributed by atoms with Crippen molar-refractivity contribution >= 4 is 11.9 Å². The summed E-state index contributed by atoms with van der Waals surface area (Å²) >= 11 is 0. The molecule has 1 aliphatic rings. The van der Waals surface area contributed by atoms with E-state index in [1.54, 1.807) is 19.9 Å². The molecule has 0 bridgehead atoms. The molecule has 0 radical (unpaired) electrons. The van der Waals surface area contributed by atoms with E-state index < -0.39 is 18.3 Å². The first-order chi connectivity index (χ1) is 12.1. The molecule has 6 heteroatoms. The minimum absolute atomic E-state index is 0.0383. The molecule has 2 unspecified atom stereocenters. The fourth-order valence-corrected chi connectivity index (χ4v) is 2.34. The van der Waals surface area contributed by atoms with Gasteiger partial charge in [-0.15, -0.1) is 0 Å². The van der Waals surface area contributed by atoms with E-state index in [1.807, 2.05) is 30.3 Å². The first-order valence-corrected chi connectivity index (χ1v) is 8.46. The minimum Gasteiger partial charge on any atom is -0.492 e. The highest BCUT2D eigenvalue weighted by atomic mass is 16.6. The second-order valence-electron chi connectivity index (χ2n) is 5.61. The molecule has 0 fully saturated rings. The highest BCUT2D eigenvalue weighted by Crippen LogP contribution is 2.21. The van der Waals surface area contributed by atoms with E-state index >= 15 is 0 Å². The summed E-state index contributed by atoms with van der Waals surface area (Å²) in [5.41, 5.74) is 0.988. The zero-order chi connectivity index (χ0) is 18.1. The Labute approximate surface area is 147 Å². The van der Waals surface area contributed by atoms with Gasteiger partial charge in [0.25, 0.3) is 0 Å². The van der Waals surface area contributed by atoms with E-state index in [0.29, 0.717) is 6.61 Å². The Morgan fingerprint density at radius 2 is 1.80 bits per heavy atom. The molecule has 1 heterocycles. The van der Waals surface area contributed by atoms with Crippen LogP contribution < -0.4 is 0 Å². The molecule has 3 atom stereocenters. The van der Waals surface area contributed by atoms with Crippen LogP contribution in [0.4, 0.5) is 0 Å². The molecule has 25 heavy (non-hydrogen) atoms. The van der Waals surface area contributed by atoms with E-state index in [-0.39, 0.29) is 31.4 Å². The first-order valence-electron chi connectivity index (χ1n) is 8.46. The van der Waals surface area contributed by atoms with Crippen LogP contribution in [0.25, 0.3) is 0 Å². The van der Waals surface area contributed by atoms with E-state index in [0.717, 1.165) is 5.56 Å². The van der Waals surface area contributed by atoms with Crippen molar-refractivity contribution in [3.8, 4) is 0 Å². The maximum Gasteiger partial charge on any atom is 0.306 e. The number of rotatable bonds is 8. The Bertz CT molecular complexity index is 583. The van der Waals surface area contributed by atoms with Gasteiger partial charge in [0.05, 0.1) is 12.9 Å². The van der Waals surface area contributed by atoms with Gasteiger partial charge in [-0.3, -0.25) is 9.59 Å². The Morgan fingerprint density at radius 1 is 1.08 bits per heavy atom. The Kier molecular flexibility index (Phi) is 7.47. The molecule has 136 valence electrons. The molecule has 1 aliphatic heterocycles. The maximum absolute atomic E-state index is 11.7. The zero-order valence-electron chi connectivity index (χ0n) is 14.6. The molecule has 6 nitrogen and oxygen atoms in total. The van der Waals surface area contributed by atoms with Gasteiger partial charge in [-0.05, 0) is 11.6 Å². The monoisotopic (exact) mass is 348 g/mol. The lowest BCUT2D eigenvalue weighted by molar-refractivity contribution is -0.173. The van der Waals surface area contributed by atoms with E-state index in [1.165, 1.54) is 6.26 Å². The largest absolute Gasteiger partial charge is 0.492 e. The summed E-state index contributed by atoms with van der Waals surface area (Å²) < 4.78 is 22.1. The lowest BCUT2D eigenvalue weighted by Gasteiger charge is -2.34. The minimum atomic E-state index is -0.588. The van der Waals surface area contributed by atoms with Gasteiger partial charge in [-0.2, -0.15) is 0 Å². The van der Waals surface area contributed by atoms with Crippen LogP contribution in [0, 0.1) is 0 Å². The third-order valence-corrected chi connectivity index (χ3v) is 3.75. The number of hydrogen-bond donors (Lipinski definition) is 0. The maximum atomic E-state index is 11.7. The molecule has 1 aromatic rings. The summed E-state index contributed by atoms with van der Waals surface area (Å²) in [6.45, 7) is 3.82. The quantitative estimate of drug-likeness (QED) is 0.673. The summed E-state index contributed by atoms with van der Waals surface area (Å²) in [5, 5.41) is 0. The predicted molar refractivity (Wildman–Crippen MR) is 90.5 cm³/mol. The van der Waals surface area contributed by atoms with Crippen LogP contribution in [0.15, 0.2) is 42.7 Å². The third-order valence-electron chi connectivity index (χ3n) is 3.75. The average Bonchev–Trinajstić information content (AvgIpc) is 2.65. The number of ether oxygens (including phenoxy) is 4. The topological polar surface area (TPSA) is 71.1 Å². The van der Waals surface area contributed by atoms with E-state index in [9.17, 15) is 9.59 Å². The lowest BCUT2D eigenvalue weighted by atomic mass is 10.1. The fourth-order valence-electron chi connectivity index (χ4n) is 2.34. The van der Waals surface area contributed by atoms with Crippen LogP contribution in [0.2, 0.25) is 0 Å². The van der Waals surface area contributed by atoms with E-state index in [4.69, 9.17) is 18.9 Å². The number of carbonyl (C=O) groups is 2. The summed E-state index contributed by atoms with van der Waals surface area (Å²) in [6.07, 6.45) is 1.96. The summed E-state index contributed by atoms with van der Waals surface area (Å²) in [7, 11) is 0. The third kappa shape index (κ3) is 5.90. The van der Waals surface area contributed by atoms with Crippen molar-refractivity contribution in [3.05, 3.63) is 48.2 Å². The molecular formula is C19H24O6. The van der Waals surface area contributed by atoms with Gasteiger partial charge < -0.3 is 18.9 Å². The van der Waals surface area contributed by atoms with Crippen LogP contribution in [-0.2, 0) is 35.1 Å². The van der Waals surface area contributed by atoms with Gasteiger partial charge in [0.2, 0.25) is 0 Å². The fraction of sp³-hybridized carbons (Fsp3) is 0.474. The van der Waals surface area contributed by atoms with Gasteiger partial charge in [-0.1, -0.05) is 44.2 Å².